The van der Waals surface area contributed by atoms with E-state index in [0.717, 1.165) is 27.3 Å². The van der Waals surface area contributed by atoms with Gasteiger partial charge in [0.2, 0.25) is 0 Å². The van der Waals surface area contributed by atoms with Crippen LogP contribution in [-0.4, -0.2) is 11.5 Å². The maximum absolute atomic E-state index is 11.8. The molecule has 0 aromatic heterocycles. The summed E-state index contributed by atoms with van der Waals surface area (Å²) in [7, 11) is 0. The maximum atomic E-state index is 11.8. The van der Waals surface area contributed by atoms with Crippen molar-refractivity contribution in [2.24, 2.45) is 0 Å². The molecule has 0 fully saturated rings. The quantitative estimate of drug-likeness (QED) is 0.439. The van der Waals surface area contributed by atoms with Crippen LogP contribution in [0.5, 0.6) is 0 Å². The van der Waals surface area contributed by atoms with Gasteiger partial charge in [0, 0.05) is 16.2 Å². The molecule has 0 aliphatic heterocycles. The summed E-state index contributed by atoms with van der Waals surface area (Å²) in [5.74, 6) is 0.897. The number of ketones is 1. The molecule has 0 saturated carbocycles. The predicted molar refractivity (Wildman–Crippen MR) is 82.8 cm³/mol. The minimum absolute atomic E-state index is 0.101. The summed E-state index contributed by atoms with van der Waals surface area (Å²) in [5, 5.41) is 0. The topological polar surface area (TPSA) is 17.1 Å². The van der Waals surface area contributed by atoms with E-state index in [9.17, 15) is 4.79 Å². The molecule has 0 heterocycles. The number of rotatable bonds is 5. The number of hydrogen-bond donors (Lipinski definition) is 0. The van der Waals surface area contributed by atoms with Crippen molar-refractivity contribution in [3.05, 3.63) is 66.7 Å². The van der Waals surface area contributed by atoms with E-state index in [-0.39, 0.29) is 5.78 Å². The first kappa shape index (κ1) is 13.6. The molecular weight excluding hydrogens is 252 g/mol. The van der Waals surface area contributed by atoms with Gasteiger partial charge in [-0.2, -0.15) is 0 Å². The predicted octanol–water partition coefficient (Wildman–Crippen LogP) is 4.83. The Balaban J connectivity index is 2.56. The Morgan fingerprint density at radius 2 is 1.89 bits per heavy atom. The number of hydrogen-bond acceptors (Lipinski definition) is 2. The van der Waals surface area contributed by atoms with E-state index >= 15 is 0 Å². The van der Waals surface area contributed by atoms with Crippen LogP contribution in [0.15, 0.2) is 66.1 Å². The van der Waals surface area contributed by atoms with Crippen LogP contribution in [0.3, 0.4) is 0 Å². The zero-order valence-corrected chi connectivity index (χ0v) is 11.7. The van der Waals surface area contributed by atoms with E-state index in [0.29, 0.717) is 0 Å². The highest BCUT2D eigenvalue weighted by Crippen LogP contribution is 2.34. The molecule has 0 aliphatic rings. The molecule has 0 unspecified atom stereocenters. The minimum atomic E-state index is 0.101. The molecule has 0 atom stereocenters. The SMILES string of the molecule is C=CCSc1c(C(C)=O)cccc1-c1ccccc1. The lowest BCUT2D eigenvalue weighted by atomic mass is 10.0. The van der Waals surface area contributed by atoms with Crippen LogP contribution >= 0.6 is 11.8 Å². The summed E-state index contributed by atoms with van der Waals surface area (Å²) >= 11 is 1.66. The van der Waals surface area contributed by atoms with Gasteiger partial charge in [0.05, 0.1) is 0 Å². The molecule has 1 nitrogen and oxygen atoms in total. The molecule has 0 amide bonds. The number of thioether (sulfide) groups is 1. The standard InChI is InChI=1S/C17H16OS/c1-3-12-19-17-15(13(2)18)10-7-11-16(17)14-8-5-4-6-9-14/h3-11H,1,12H2,2H3. The van der Waals surface area contributed by atoms with Crippen molar-refractivity contribution in [2.45, 2.75) is 11.8 Å². The molecule has 0 saturated heterocycles. The van der Waals surface area contributed by atoms with Gasteiger partial charge in [0.1, 0.15) is 0 Å². The summed E-state index contributed by atoms with van der Waals surface area (Å²) in [5.41, 5.74) is 3.03. The summed E-state index contributed by atoms with van der Waals surface area (Å²) < 4.78 is 0. The molecule has 2 rings (SSSR count). The van der Waals surface area contributed by atoms with Gasteiger partial charge >= 0.3 is 0 Å². The van der Waals surface area contributed by atoms with Gasteiger partial charge in [-0.05, 0) is 18.1 Å². The van der Waals surface area contributed by atoms with Crippen molar-refractivity contribution in [2.75, 3.05) is 5.75 Å². The van der Waals surface area contributed by atoms with Crippen LogP contribution in [-0.2, 0) is 0 Å². The summed E-state index contributed by atoms with van der Waals surface area (Å²) in [6.07, 6.45) is 1.86. The average Bonchev–Trinajstić information content (AvgIpc) is 2.45. The van der Waals surface area contributed by atoms with Gasteiger partial charge in [0.15, 0.2) is 5.78 Å². The van der Waals surface area contributed by atoms with E-state index in [1.807, 2.05) is 36.4 Å². The van der Waals surface area contributed by atoms with Gasteiger partial charge in [-0.15, -0.1) is 18.3 Å². The van der Waals surface area contributed by atoms with Crippen LogP contribution in [0.25, 0.3) is 11.1 Å². The number of Topliss-reactive ketones (excluding diaryl/α,β-unsaturated/α-hetero) is 1. The molecule has 0 N–H and O–H groups in total. The Morgan fingerprint density at radius 1 is 1.16 bits per heavy atom. The van der Waals surface area contributed by atoms with Crippen LogP contribution in [0, 0.1) is 0 Å². The zero-order valence-electron chi connectivity index (χ0n) is 10.9. The number of benzene rings is 2. The minimum Gasteiger partial charge on any atom is -0.294 e. The fourth-order valence-corrected chi connectivity index (χ4v) is 2.95. The largest absolute Gasteiger partial charge is 0.294 e. The van der Waals surface area contributed by atoms with Crippen molar-refractivity contribution in [1.29, 1.82) is 0 Å². The molecule has 96 valence electrons. The van der Waals surface area contributed by atoms with Crippen LogP contribution in [0.1, 0.15) is 17.3 Å². The first-order valence-electron chi connectivity index (χ1n) is 6.17. The van der Waals surface area contributed by atoms with Gasteiger partial charge in [-0.3, -0.25) is 4.79 Å². The molecule has 2 heteroatoms. The van der Waals surface area contributed by atoms with Crippen molar-refractivity contribution in [3.63, 3.8) is 0 Å². The van der Waals surface area contributed by atoms with Crippen molar-refractivity contribution in [1.82, 2.24) is 0 Å². The van der Waals surface area contributed by atoms with E-state index in [1.54, 1.807) is 18.7 Å². The molecule has 2 aromatic rings. The van der Waals surface area contributed by atoms with Gasteiger partial charge < -0.3 is 0 Å². The van der Waals surface area contributed by atoms with Gasteiger partial charge in [-0.1, -0.05) is 54.6 Å². The summed E-state index contributed by atoms with van der Waals surface area (Å²) in [6.45, 7) is 5.36. The molecule has 2 aromatic carbocycles. The van der Waals surface area contributed by atoms with Crippen LogP contribution in [0.2, 0.25) is 0 Å². The Morgan fingerprint density at radius 3 is 2.53 bits per heavy atom. The zero-order chi connectivity index (χ0) is 13.7. The Hall–Kier alpha value is -1.80. The Labute approximate surface area is 118 Å². The second-order valence-corrected chi connectivity index (χ2v) is 5.23. The number of carbonyl (C=O) groups is 1. The van der Waals surface area contributed by atoms with E-state index in [1.165, 1.54) is 0 Å². The highest BCUT2D eigenvalue weighted by Gasteiger charge is 2.12. The Kier molecular flexibility index (Phi) is 4.58. The molecule has 0 aliphatic carbocycles. The molecule has 0 bridgehead atoms. The summed E-state index contributed by atoms with van der Waals surface area (Å²) in [4.78, 5) is 12.8. The highest BCUT2D eigenvalue weighted by molar-refractivity contribution is 7.99. The van der Waals surface area contributed by atoms with Gasteiger partial charge in [-0.25, -0.2) is 0 Å². The third-order valence-corrected chi connectivity index (χ3v) is 3.96. The fraction of sp³-hybridized carbons (Fsp3) is 0.118. The lowest BCUT2D eigenvalue weighted by Crippen LogP contribution is -1.97. The molecule has 0 radical (unpaired) electrons. The average molecular weight is 268 g/mol. The van der Waals surface area contributed by atoms with Crippen LogP contribution < -0.4 is 0 Å². The smallest absolute Gasteiger partial charge is 0.160 e. The monoisotopic (exact) mass is 268 g/mol. The van der Waals surface area contributed by atoms with Crippen molar-refractivity contribution < 1.29 is 4.79 Å². The molecule has 19 heavy (non-hydrogen) atoms. The van der Waals surface area contributed by atoms with E-state index in [4.69, 9.17) is 0 Å². The Bertz CT molecular complexity index is 587. The van der Waals surface area contributed by atoms with Gasteiger partial charge in [0.25, 0.3) is 0 Å². The maximum Gasteiger partial charge on any atom is 0.160 e. The lowest BCUT2D eigenvalue weighted by molar-refractivity contribution is 0.101. The second kappa shape index (κ2) is 6.39. The first-order chi connectivity index (χ1) is 9.24. The van der Waals surface area contributed by atoms with Crippen LogP contribution in [0.4, 0.5) is 0 Å². The lowest BCUT2D eigenvalue weighted by Gasteiger charge is -2.12. The van der Waals surface area contributed by atoms with E-state index < -0.39 is 0 Å². The summed E-state index contributed by atoms with van der Waals surface area (Å²) in [6, 6.07) is 16.0. The molecule has 0 spiro atoms. The van der Waals surface area contributed by atoms with Crippen molar-refractivity contribution in [3.8, 4) is 11.1 Å². The third kappa shape index (κ3) is 3.15. The normalized spacial score (nSPS) is 10.2. The number of carbonyl (C=O) groups excluding carboxylic acids is 1. The highest BCUT2D eigenvalue weighted by atomic mass is 32.2. The third-order valence-electron chi connectivity index (χ3n) is 2.82. The van der Waals surface area contributed by atoms with E-state index in [2.05, 4.69) is 24.8 Å². The molecular formula is C17H16OS. The first-order valence-corrected chi connectivity index (χ1v) is 7.15. The van der Waals surface area contributed by atoms with Crippen molar-refractivity contribution >= 4 is 17.5 Å². The second-order valence-electron chi connectivity index (χ2n) is 4.20. The fourth-order valence-electron chi connectivity index (χ4n) is 1.96.